The summed E-state index contributed by atoms with van der Waals surface area (Å²) in [4.78, 5) is 12.1. The summed E-state index contributed by atoms with van der Waals surface area (Å²) < 4.78 is 32.4. The summed E-state index contributed by atoms with van der Waals surface area (Å²) in [5.74, 6) is -1.94. The summed E-state index contributed by atoms with van der Waals surface area (Å²) in [6, 6.07) is 3.49. The van der Waals surface area contributed by atoms with Gasteiger partial charge < -0.3 is 10.2 Å². The number of aryl methyl sites for hydroxylation is 2. The zero-order valence-electron chi connectivity index (χ0n) is 9.88. The highest BCUT2D eigenvalue weighted by molar-refractivity contribution is 6.10. The lowest BCUT2D eigenvalue weighted by Gasteiger charge is -2.05. The molecule has 2 aromatic rings. The molecule has 0 unspecified atom stereocenters. The van der Waals surface area contributed by atoms with Crippen LogP contribution >= 0.6 is 0 Å². The van der Waals surface area contributed by atoms with Gasteiger partial charge in [0, 0.05) is 0 Å². The minimum atomic E-state index is -1.04. The van der Waals surface area contributed by atoms with E-state index in [9.17, 15) is 13.6 Å². The number of anilines is 1. The molecule has 0 fully saturated rings. The number of nitrogen functional groups attached to an aromatic ring is 1. The molecule has 0 saturated heterocycles. The summed E-state index contributed by atoms with van der Waals surface area (Å²) in [6.45, 7) is 3.21. The first-order valence-corrected chi connectivity index (χ1v) is 5.27. The largest absolute Gasteiger partial charge is 0.466 e. The topological polar surface area (TPSA) is 56.2 Å². The molecule has 2 N–H and O–H groups in total. The van der Waals surface area contributed by atoms with Gasteiger partial charge in [-0.15, -0.1) is 0 Å². The number of carbonyl (C=O) groups excluding carboxylic acids is 1. The van der Waals surface area contributed by atoms with Gasteiger partial charge in [0.1, 0.15) is 17.3 Å². The van der Waals surface area contributed by atoms with Crippen LogP contribution in [-0.4, -0.2) is 5.78 Å². The minimum Gasteiger partial charge on any atom is -0.466 e. The fourth-order valence-electron chi connectivity index (χ4n) is 1.77. The number of halogens is 2. The van der Waals surface area contributed by atoms with Crippen LogP contribution in [0.2, 0.25) is 0 Å². The zero-order valence-corrected chi connectivity index (χ0v) is 9.88. The van der Waals surface area contributed by atoms with Gasteiger partial charge >= 0.3 is 0 Å². The normalized spacial score (nSPS) is 10.7. The molecule has 2 rings (SSSR count). The highest BCUT2D eigenvalue weighted by atomic mass is 19.1. The third-order valence-electron chi connectivity index (χ3n) is 2.63. The van der Waals surface area contributed by atoms with E-state index in [1.54, 1.807) is 13.8 Å². The Morgan fingerprint density at radius 3 is 2.50 bits per heavy atom. The second-order valence-electron chi connectivity index (χ2n) is 3.98. The van der Waals surface area contributed by atoms with Crippen molar-refractivity contribution in [3.05, 3.63) is 52.5 Å². The molecular weight excluding hydrogens is 240 g/mol. The molecule has 3 nitrogen and oxygen atoms in total. The van der Waals surface area contributed by atoms with Gasteiger partial charge in [0.2, 0.25) is 5.78 Å². The van der Waals surface area contributed by atoms with E-state index in [1.165, 1.54) is 6.07 Å². The van der Waals surface area contributed by atoms with Gasteiger partial charge in [-0.1, -0.05) is 0 Å². The standard InChI is InChI=1S/C13H11F2NO2/c1-6-5-8(7(2)18-6)13(17)11-9(14)3-4-10(16)12(11)15/h3-5H,16H2,1-2H3. The Balaban J connectivity index is 2.60. The van der Waals surface area contributed by atoms with Crippen LogP contribution < -0.4 is 5.73 Å². The molecule has 0 spiro atoms. The van der Waals surface area contributed by atoms with E-state index < -0.39 is 23.0 Å². The highest BCUT2D eigenvalue weighted by Crippen LogP contribution is 2.24. The van der Waals surface area contributed by atoms with E-state index in [0.29, 0.717) is 11.5 Å². The van der Waals surface area contributed by atoms with Gasteiger partial charge in [0.05, 0.1) is 16.8 Å². The molecule has 94 valence electrons. The average Bonchev–Trinajstić information content (AvgIpc) is 2.63. The highest BCUT2D eigenvalue weighted by Gasteiger charge is 2.23. The summed E-state index contributed by atoms with van der Waals surface area (Å²) in [7, 11) is 0. The van der Waals surface area contributed by atoms with Gasteiger partial charge in [-0.3, -0.25) is 4.79 Å². The predicted molar refractivity (Wildman–Crippen MR) is 62.4 cm³/mol. The van der Waals surface area contributed by atoms with Crippen LogP contribution in [0.5, 0.6) is 0 Å². The molecule has 0 amide bonds. The summed E-state index contributed by atoms with van der Waals surface area (Å²) in [5.41, 5.74) is 4.55. The Hall–Kier alpha value is -2.17. The molecule has 0 atom stereocenters. The maximum absolute atomic E-state index is 13.7. The monoisotopic (exact) mass is 251 g/mol. The van der Waals surface area contributed by atoms with Gasteiger partial charge in [0.25, 0.3) is 0 Å². The Labute approximate surface area is 102 Å². The van der Waals surface area contributed by atoms with Crippen LogP contribution in [-0.2, 0) is 0 Å². The molecule has 5 heteroatoms. The van der Waals surface area contributed by atoms with Gasteiger partial charge in [-0.05, 0) is 32.0 Å². The van der Waals surface area contributed by atoms with Crippen LogP contribution in [0.15, 0.2) is 22.6 Å². The van der Waals surface area contributed by atoms with E-state index in [1.807, 2.05) is 0 Å². The van der Waals surface area contributed by atoms with Crippen molar-refractivity contribution in [2.75, 3.05) is 5.73 Å². The Morgan fingerprint density at radius 2 is 1.94 bits per heavy atom. The Bertz CT molecular complexity index is 632. The fraction of sp³-hybridized carbons (Fsp3) is 0.154. The van der Waals surface area contributed by atoms with Crippen molar-refractivity contribution >= 4 is 11.5 Å². The molecule has 18 heavy (non-hydrogen) atoms. The molecule has 1 aromatic heterocycles. The molecule has 0 radical (unpaired) electrons. The third-order valence-corrected chi connectivity index (χ3v) is 2.63. The maximum atomic E-state index is 13.7. The molecule has 0 aliphatic rings. The predicted octanol–water partition coefficient (Wildman–Crippen LogP) is 2.99. The lowest BCUT2D eigenvalue weighted by atomic mass is 10.0. The minimum absolute atomic E-state index is 0.135. The first kappa shape index (κ1) is 12.3. The molecule has 1 aromatic carbocycles. The van der Waals surface area contributed by atoms with Crippen molar-refractivity contribution in [2.45, 2.75) is 13.8 Å². The van der Waals surface area contributed by atoms with Crippen molar-refractivity contribution in [3.8, 4) is 0 Å². The van der Waals surface area contributed by atoms with E-state index >= 15 is 0 Å². The molecule has 1 heterocycles. The van der Waals surface area contributed by atoms with Crippen LogP contribution in [0.3, 0.4) is 0 Å². The molecule has 0 bridgehead atoms. The Kier molecular flexibility index (Phi) is 2.90. The third kappa shape index (κ3) is 1.88. The van der Waals surface area contributed by atoms with Gasteiger partial charge in [-0.25, -0.2) is 8.78 Å². The number of carbonyl (C=O) groups is 1. The van der Waals surface area contributed by atoms with Crippen LogP contribution in [0.1, 0.15) is 27.4 Å². The van der Waals surface area contributed by atoms with E-state index in [0.717, 1.165) is 12.1 Å². The van der Waals surface area contributed by atoms with Crippen molar-refractivity contribution in [1.82, 2.24) is 0 Å². The van der Waals surface area contributed by atoms with Crippen molar-refractivity contribution in [1.29, 1.82) is 0 Å². The first-order valence-electron chi connectivity index (χ1n) is 5.27. The maximum Gasteiger partial charge on any atom is 0.202 e. The van der Waals surface area contributed by atoms with Crippen molar-refractivity contribution < 1.29 is 18.0 Å². The second kappa shape index (κ2) is 4.25. The number of hydrogen-bond donors (Lipinski definition) is 1. The van der Waals surface area contributed by atoms with Gasteiger partial charge in [0.15, 0.2) is 5.82 Å². The number of rotatable bonds is 2. The van der Waals surface area contributed by atoms with Crippen LogP contribution in [0, 0.1) is 25.5 Å². The van der Waals surface area contributed by atoms with Crippen LogP contribution in [0.25, 0.3) is 0 Å². The van der Waals surface area contributed by atoms with E-state index in [4.69, 9.17) is 10.2 Å². The SMILES string of the molecule is Cc1cc(C(=O)c2c(F)ccc(N)c2F)c(C)o1. The smallest absolute Gasteiger partial charge is 0.202 e. The summed E-state index contributed by atoms with van der Waals surface area (Å²) >= 11 is 0. The fourth-order valence-corrected chi connectivity index (χ4v) is 1.77. The quantitative estimate of drug-likeness (QED) is 0.659. The number of nitrogens with two attached hydrogens (primary N) is 1. The van der Waals surface area contributed by atoms with Gasteiger partial charge in [-0.2, -0.15) is 0 Å². The summed E-state index contributed by atoms with van der Waals surface area (Å²) in [5, 5.41) is 0. The number of hydrogen-bond acceptors (Lipinski definition) is 3. The average molecular weight is 251 g/mol. The summed E-state index contributed by atoms with van der Waals surface area (Å²) in [6.07, 6.45) is 0. The number of benzene rings is 1. The lowest BCUT2D eigenvalue weighted by Crippen LogP contribution is -2.09. The second-order valence-corrected chi connectivity index (χ2v) is 3.98. The molecule has 0 saturated carbocycles. The molecular formula is C13H11F2NO2. The van der Waals surface area contributed by atoms with E-state index in [-0.39, 0.29) is 11.3 Å². The number of ketones is 1. The molecule has 0 aliphatic carbocycles. The first-order chi connectivity index (χ1) is 8.41. The lowest BCUT2D eigenvalue weighted by molar-refractivity contribution is 0.103. The van der Waals surface area contributed by atoms with Crippen LogP contribution in [0.4, 0.5) is 14.5 Å². The Morgan fingerprint density at radius 1 is 1.28 bits per heavy atom. The zero-order chi connectivity index (χ0) is 13.4. The number of furan rings is 1. The van der Waals surface area contributed by atoms with Crippen molar-refractivity contribution in [2.24, 2.45) is 0 Å². The van der Waals surface area contributed by atoms with Crippen molar-refractivity contribution in [3.63, 3.8) is 0 Å². The molecule has 0 aliphatic heterocycles. The van der Waals surface area contributed by atoms with E-state index in [2.05, 4.69) is 0 Å².